The van der Waals surface area contributed by atoms with Crippen LogP contribution < -0.4 is 0 Å². The van der Waals surface area contributed by atoms with Gasteiger partial charge in [0.2, 0.25) is 5.79 Å². The zero-order chi connectivity index (χ0) is 19.3. The molecule has 10 atom stereocenters. The Morgan fingerprint density at radius 3 is 2.19 bits per heavy atom. The molecule has 0 aliphatic carbocycles. The summed E-state index contributed by atoms with van der Waals surface area (Å²) in [5.74, 6) is -17.7. The minimum absolute atomic E-state index is 0.743. The highest BCUT2D eigenvalue weighted by molar-refractivity contribution is 5.35. The summed E-state index contributed by atoms with van der Waals surface area (Å²) in [5, 5.41) is 70.3. The van der Waals surface area contributed by atoms with Gasteiger partial charge in [-0.15, -0.1) is 0 Å². The average Bonchev–Trinajstić information content (AvgIpc) is 3.52. The first kappa shape index (κ1) is 17.3. The number of hydrogen-bond donors (Lipinski definition) is 7. The first-order chi connectivity index (χ1) is 12.5. The summed E-state index contributed by atoms with van der Waals surface area (Å²) >= 11 is 0. The van der Waals surface area contributed by atoms with Gasteiger partial charge in [0, 0.05) is 0 Å². The van der Waals surface area contributed by atoms with Crippen molar-refractivity contribution < 1.29 is 73.9 Å². The Balaban J connectivity index is 1.38. The zero-order valence-corrected chi connectivity index (χ0v) is 13.0. The summed E-state index contributed by atoms with van der Waals surface area (Å²) in [6, 6.07) is 0. The van der Waals surface area contributed by atoms with E-state index in [1.165, 1.54) is 0 Å². The van der Waals surface area contributed by atoms with Gasteiger partial charge in [-0.2, -0.15) is 9.78 Å². The fourth-order valence-corrected chi connectivity index (χ4v) is 3.99. The van der Waals surface area contributed by atoms with E-state index >= 15 is 0 Å². The Labute approximate surface area is 147 Å². The predicted molar refractivity (Wildman–Crippen MR) is 64.4 cm³/mol. The largest absolute Gasteiger partial charge is 0.394 e. The molecule has 0 aromatic heterocycles. The van der Waals surface area contributed by atoms with Crippen LogP contribution in [0.15, 0.2) is 0 Å². The van der Waals surface area contributed by atoms with Gasteiger partial charge in [0.1, 0.15) is 24.9 Å². The van der Waals surface area contributed by atoms with E-state index in [2.05, 4.69) is 4.89 Å². The third-order valence-corrected chi connectivity index (χ3v) is 5.66. The van der Waals surface area contributed by atoms with Crippen LogP contribution in [0.5, 0.6) is 0 Å². The molecular weight excluding hydrogens is 384 g/mol. The van der Waals surface area contributed by atoms with Crippen molar-refractivity contribution in [2.75, 3.05) is 13.2 Å². The quantitative estimate of drug-likeness (QED) is 0.173. The molecule has 6 aliphatic rings. The van der Waals surface area contributed by atoms with Gasteiger partial charge in [-0.3, -0.25) is 23.7 Å². The summed E-state index contributed by atoms with van der Waals surface area (Å²) in [7, 11) is 0. The summed E-state index contributed by atoms with van der Waals surface area (Å²) in [4.78, 5) is 9.22. The number of ether oxygens (including phenoxy) is 6. The van der Waals surface area contributed by atoms with Gasteiger partial charge in [-0.25, -0.2) is 0 Å². The van der Waals surface area contributed by atoms with Crippen LogP contribution in [0.25, 0.3) is 0 Å². The zero-order valence-electron chi connectivity index (χ0n) is 13.0. The highest BCUT2D eigenvalue weighted by Crippen LogP contribution is 2.83. The minimum atomic E-state index is -2.78. The van der Waals surface area contributed by atoms with Gasteiger partial charge in [-0.1, -0.05) is 0 Å². The molecule has 0 aromatic carbocycles. The lowest BCUT2D eigenvalue weighted by Crippen LogP contribution is -2.63. The predicted octanol–water partition coefficient (Wildman–Crippen LogP) is -6.04. The van der Waals surface area contributed by atoms with E-state index in [9.17, 15) is 35.7 Å². The van der Waals surface area contributed by atoms with E-state index in [0.29, 0.717) is 0 Å². The molecule has 0 aromatic rings. The van der Waals surface area contributed by atoms with Crippen LogP contribution in [-0.4, -0.2) is 108 Å². The maximum atomic E-state index is 10.6. The SMILES string of the molecule is OC[C@H]1OC(CO)(O[C@]23O[C@]45OC4(O)OO[C@]54O[C@@]4(O)[C@]2(O)O3)[C@@H](O)[C@@H]1O. The highest BCUT2D eigenvalue weighted by atomic mass is 17.4. The summed E-state index contributed by atoms with van der Waals surface area (Å²) < 4.78 is 30.7. The number of hydrogen-bond acceptors (Lipinski definition) is 15. The van der Waals surface area contributed by atoms with Crippen molar-refractivity contribution in [1.29, 1.82) is 0 Å². The molecule has 6 heterocycles. The maximum absolute atomic E-state index is 10.6. The van der Waals surface area contributed by atoms with Crippen LogP contribution in [0.1, 0.15) is 0 Å². The number of aliphatic hydroxyl groups excluding tert-OH is 4. The summed E-state index contributed by atoms with van der Waals surface area (Å²) in [5.41, 5.74) is 0. The van der Waals surface area contributed by atoms with E-state index < -0.39 is 72.4 Å². The van der Waals surface area contributed by atoms with Gasteiger partial charge in [0.15, 0.2) is 0 Å². The molecule has 6 fully saturated rings. The molecule has 0 bridgehead atoms. The van der Waals surface area contributed by atoms with E-state index in [1.54, 1.807) is 0 Å². The Kier molecular flexibility index (Phi) is 2.65. The van der Waals surface area contributed by atoms with Gasteiger partial charge in [-0.05, 0) is 0 Å². The second kappa shape index (κ2) is 4.15. The van der Waals surface area contributed by atoms with E-state index in [0.717, 1.165) is 0 Å². The van der Waals surface area contributed by atoms with Crippen molar-refractivity contribution in [1.82, 2.24) is 0 Å². The summed E-state index contributed by atoms with van der Waals surface area (Å²) in [6.45, 7) is -1.84. The van der Waals surface area contributed by atoms with Crippen molar-refractivity contribution in [2.24, 2.45) is 0 Å². The van der Waals surface area contributed by atoms with Crippen LogP contribution in [-0.2, 0) is 38.2 Å². The normalized spacial score (nSPS) is 70.1. The Morgan fingerprint density at radius 1 is 0.852 bits per heavy atom. The molecule has 2 unspecified atom stereocenters. The van der Waals surface area contributed by atoms with Crippen LogP contribution >= 0.6 is 0 Å². The van der Waals surface area contributed by atoms with Crippen molar-refractivity contribution >= 4 is 0 Å². The molecule has 2 spiro atoms. The van der Waals surface area contributed by atoms with Crippen molar-refractivity contribution in [3.05, 3.63) is 0 Å². The molecule has 6 rings (SSSR count). The standard InChI is InChI=1S/C12H14O15/c13-1-3-4(15)5(16)6(2-14,20-3)21-12-8(18,23-12)7(17)9(22-7)10(25-12)11(19,24-10)27-26-9/h3-5,13-19H,1-2H2/t3-,4-,5+,6?,7+,8+,9+,10+,11?,12-/m1/s1. The molecule has 7 N–H and O–H groups in total. The van der Waals surface area contributed by atoms with E-state index in [1.807, 2.05) is 0 Å². The second-order valence-electron chi connectivity index (χ2n) is 7.08. The lowest BCUT2D eigenvalue weighted by atomic mass is 9.98. The minimum Gasteiger partial charge on any atom is -0.394 e. The first-order valence-electron chi connectivity index (χ1n) is 7.84. The first-order valence-corrected chi connectivity index (χ1v) is 7.84. The van der Waals surface area contributed by atoms with Gasteiger partial charge in [0.05, 0.1) is 6.61 Å². The third kappa shape index (κ3) is 1.41. The van der Waals surface area contributed by atoms with Crippen molar-refractivity contribution in [3.63, 3.8) is 0 Å². The van der Waals surface area contributed by atoms with Crippen molar-refractivity contribution in [2.45, 2.75) is 59.2 Å². The van der Waals surface area contributed by atoms with Gasteiger partial charge >= 0.3 is 29.3 Å². The average molecular weight is 398 g/mol. The molecule has 0 saturated carbocycles. The Bertz CT molecular complexity index is 750. The van der Waals surface area contributed by atoms with E-state index in [-0.39, 0.29) is 0 Å². The van der Waals surface area contributed by atoms with E-state index in [4.69, 9.17) is 33.3 Å². The molecule has 0 radical (unpaired) electrons. The van der Waals surface area contributed by atoms with Gasteiger partial charge in [0.25, 0.3) is 5.79 Å². The smallest absolute Gasteiger partial charge is 0.375 e. The molecule has 27 heavy (non-hydrogen) atoms. The number of rotatable bonds is 4. The number of aliphatic hydroxyl groups is 7. The van der Waals surface area contributed by atoms with Crippen LogP contribution in [0.2, 0.25) is 0 Å². The maximum Gasteiger partial charge on any atom is 0.375 e. The molecule has 15 nitrogen and oxygen atoms in total. The molecular formula is C12H14O15. The highest BCUT2D eigenvalue weighted by Gasteiger charge is 3.16. The summed E-state index contributed by atoms with van der Waals surface area (Å²) in [6.07, 6.45) is -4.97. The van der Waals surface area contributed by atoms with Crippen LogP contribution in [0.4, 0.5) is 0 Å². The lowest BCUT2D eigenvalue weighted by molar-refractivity contribution is -0.450. The molecule has 15 heteroatoms. The number of epoxide rings is 3. The van der Waals surface area contributed by atoms with Gasteiger partial charge < -0.3 is 40.5 Å². The Morgan fingerprint density at radius 2 is 1.59 bits per heavy atom. The second-order valence-corrected chi connectivity index (χ2v) is 7.08. The Hall–Kier alpha value is -0.600. The third-order valence-electron chi connectivity index (χ3n) is 5.66. The van der Waals surface area contributed by atoms with Crippen LogP contribution in [0.3, 0.4) is 0 Å². The lowest BCUT2D eigenvalue weighted by Gasteiger charge is -2.35. The fourth-order valence-electron chi connectivity index (χ4n) is 3.99. The molecule has 6 saturated heterocycles. The molecule has 6 aliphatic heterocycles. The molecule has 152 valence electrons. The fraction of sp³-hybridized carbons (Fsp3) is 1.00. The monoisotopic (exact) mass is 398 g/mol. The van der Waals surface area contributed by atoms with Crippen LogP contribution in [0, 0.1) is 0 Å². The van der Waals surface area contributed by atoms with Crippen molar-refractivity contribution in [3.8, 4) is 0 Å². The topological polar surface area (TPSA) is 225 Å². The number of fused-ring (bicyclic) bond motifs is 2. The molecule has 0 amide bonds.